The molecule has 2 bridgehead atoms. The van der Waals surface area contributed by atoms with Crippen molar-refractivity contribution in [1.29, 1.82) is 0 Å². The van der Waals surface area contributed by atoms with E-state index in [1.807, 2.05) is 6.92 Å². The van der Waals surface area contributed by atoms with Gasteiger partial charge >= 0.3 is 11.5 Å². The van der Waals surface area contributed by atoms with Crippen LogP contribution in [-0.2, 0) is 25.9 Å². The molecule has 3 aromatic rings. The van der Waals surface area contributed by atoms with Gasteiger partial charge in [-0.25, -0.2) is 17.6 Å². The highest BCUT2D eigenvalue weighted by molar-refractivity contribution is 7.92. The Morgan fingerprint density at radius 3 is 2.54 bits per heavy atom. The summed E-state index contributed by atoms with van der Waals surface area (Å²) < 4.78 is 90.1. The number of carbonyl (C=O) groups excluding carboxylic acids is 3. The first kappa shape index (κ1) is 34.9. The topological polar surface area (TPSA) is 146 Å². The number of nitrogens with zero attached hydrogens (tertiary/aromatic N) is 2. The maximum absolute atomic E-state index is 15.2. The highest BCUT2D eigenvalue weighted by Crippen LogP contribution is 2.49. The highest BCUT2D eigenvalue weighted by atomic mass is 32.2. The Morgan fingerprint density at radius 1 is 1.08 bits per heavy atom. The van der Waals surface area contributed by atoms with Gasteiger partial charge in [0, 0.05) is 29.6 Å². The number of sulfone groups is 1. The molecule has 0 spiro atoms. The van der Waals surface area contributed by atoms with Crippen molar-refractivity contribution in [1.82, 2.24) is 15.1 Å². The van der Waals surface area contributed by atoms with Gasteiger partial charge in [-0.2, -0.15) is 18.3 Å². The average molecular weight is 695 g/mol. The number of unbranched alkanes of at least 4 members (excludes halogenated alkanes) is 1. The third-order valence-corrected chi connectivity index (χ3v) is 10.3. The maximum Gasteiger partial charge on any atom is 0.501 e. The summed E-state index contributed by atoms with van der Waals surface area (Å²) in [7, 11) is -4.37. The number of fused-ring (bicyclic) bond motifs is 2. The highest BCUT2D eigenvalue weighted by Gasteiger charge is 2.52. The fourth-order valence-corrected chi connectivity index (χ4v) is 7.26. The Bertz CT molecular complexity index is 1810. The zero-order valence-electron chi connectivity index (χ0n) is 26.1. The smallest absolute Gasteiger partial charge is 0.496 e. The number of hydrogen-bond donors (Lipinski definition) is 2. The van der Waals surface area contributed by atoms with E-state index in [9.17, 15) is 36.0 Å². The summed E-state index contributed by atoms with van der Waals surface area (Å²) in [4.78, 5) is 38.7. The van der Waals surface area contributed by atoms with Gasteiger partial charge in [-0.1, -0.05) is 19.4 Å². The van der Waals surface area contributed by atoms with Gasteiger partial charge in [-0.15, -0.1) is 0 Å². The molecule has 48 heavy (non-hydrogen) atoms. The molecule has 2 aromatic carbocycles. The number of hydrogen-bond acceptors (Lipinski definition) is 8. The van der Waals surface area contributed by atoms with Crippen LogP contribution in [0.4, 0.5) is 23.2 Å². The lowest BCUT2D eigenvalue weighted by molar-refractivity contribution is -0.122. The molecular weight excluding hydrogens is 660 g/mol. The van der Waals surface area contributed by atoms with E-state index in [-0.39, 0.29) is 53.2 Å². The summed E-state index contributed by atoms with van der Waals surface area (Å²) in [5.74, 6) is -3.63. The van der Waals surface area contributed by atoms with Crippen LogP contribution in [0.3, 0.4) is 0 Å². The van der Waals surface area contributed by atoms with Gasteiger partial charge < -0.3 is 20.1 Å². The summed E-state index contributed by atoms with van der Waals surface area (Å²) in [5.41, 5.74) is -5.55. The molecule has 0 saturated heterocycles. The largest absolute Gasteiger partial charge is 0.501 e. The quantitative estimate of drug-likeness (QED) is 0.151. The minimum atomic E-state index is -5.64. The zero-order chi connectivity index (χ0) is 34.8. The fourth-order valence-electron chi connectivity index (χ4n) is 6.45. The van der Waals surface area contributed by atoms with Crippen molar-refractivity contribution in [2.75, 3.05) is 19.0 Å². The molecule has 2 aliphatic rings. The Labute approximate surface area is 273 Å². The van der Waals surface area contributed by atoms with E-state index in [0.29, 0.717) is 19.3 Å². The van der Waals surface area contributed by atoms with E-state index >= 15 is 4.39 Å². The summed E-state index contributed by atoms with van der Waals surface area (Å²) in [6.07, 6.45) is 4.91. The molecule has 16 heteroatoms. The number of anilines is 1. The summed E-state index contributed by atoms with van der Waals surface area (Å²) in [5, 5.41) is 9.53. The molecule has 1 aromatic heterocycles. The van der Waals surface area contributed by atoms with Gasteiger partial charge in [0.25, 0.3) is 15.7 Å². The molecule has 11 nitrogen and oxygen atoms in total. The van der Waals surface area contributed by atoms with Crippen molar-refractivity contribution in [3.8, 4) is 5.75 Å². The number of aromatic nitrogens is 2. The summed E-state index contributed by atoms with van der Waals surface area (Å²) in [6.45, 7) is 1.96. The molecule has 0 radical (unpaired) electrons. The Kier molecular flexibility index (Phi) is 10.1. The van der Waals surface area contributed by atoms with Crippen molar-refractivity contribution in [3.63, 3.8) is 0 Å². The van der Waals surface area contributed by atoms with Crippen LogP contribution in [0.2, 0.25) is 0 Å². The molecule has 2 N–H and O–H groups in total. The van der Waals surface area contributed by atoms with E-state index in [0.717, 1.165) is 37.1 Å². The van der Waals surface area contributed by atoms with Crippen LogP contribution in [0.5, 0.6) is 5.75 Å². The lowest BCUT2D eigenvalue weighted by Gasteiger charge is -2.31. The van der Waals surface area contributed by atoms with E-state index in [1.165, 1.54) is 36.2 Å². The normalized spacial score (nSPS) is 20.4. The van der Waals surface area contributed by atoms with Gasteiger partial charge in [0.2, 0.25) is 5.91 Å². The number of ether oxygens (including phenoxy) is 2. The number of methoxy groups -OCH3 is 1. The molecule has 1 heterocycles. The fraction of sp³-hybridized carbons (Fsp3) is 0.438. The lowest BCUT2D eigenvalue weighted by Crippen LogP contribution is -2.48. The van der Waals surface area contributed by atoms with Gasteiger partial charge in [-0.05, 0) is 67.9 Å². The predicted molar refractivity (Wildman–Crippen MR) is 163 cm³/mol. The number of halogens is 4. The molecule has 2 aliphatic carbocycles. The Hall–Kier alpha value is -4.47. The first-order valence-electron chi connectivity index (χ1n) is 15.3. The Morgan fingerprint density at radius 2 is 1.83 bits per heavy atom. The molecule has 258 valence electrons. The van der Waals surface area contributed by atoms with Crippen LogP contribution in [-0.4, -0.2) is 61.2 Å². The maximum atomic E-state index is 15.2. The molecule has 5 rings (SSSR count). The average Bonchev–Trinajstić information content (AvgIpc) is 3.78. The molecule has 2 saturated carbocycles. The van der Waals surface area contributed by atoms with Gasteiger partial charge in [-0.3, -0.25) is 14.3 Å². The molecular formula is C32H34F4N4O7S. The number of amides is 2. The third-order valence-electron chi connectivity index (χ3n) is 8.82. The second kappa shape index (κ2) is 13.9. The second-order valence-electron chi connectivity index (χ2n) is 11.8. The second-order valence-corrected chi connectivity index (χ2v) is 13.8. The van der Waals surface area contributed by atoms with E-state index in [1.54, 1.807) is 0 Å². The van der Waals surface area contributed by atoms with Crippen LogP contribution >= 0.6 is 0 Å². The minimum absolute atomic E-state index is 0.0277. The molecule has 4 atom stereocenters. The van der Waals surface area contributed by atoms with Crippen molar-refractivity contribution in [2.45, 2.75) is 62.0 Å². The minimum Gasteiger partial charge on any atom is -0.496 e. The van der Waals surface area contributed by atoms with Gasteiger partial charge in [0.1, 0.15) is 17.3 Å². The molecule has 0 unspecified atom stereocenters. The molecule has 0 aliphatic heterocycles. The summed E-state index contributed by atoms with van der Waals surface area (Å²) in [6, 6.07) is 6.98. The van der Waals surface area contributed by atoms with Crippen LogP contribution in [0.25, 0.3) is 0 Å². The Balaban J connectivity index is 1.35. The van der Waals surface area contributed by atoms with E-state index in [2.05, 4.69) is 15.7 Å². The number of benzene rings is 2. The molecule has 2 amide bonds. The van der Waals surface area contributed by atoms with E-state index in [4.69, 9.17) is 9.47 Å². The number of carbonyl (C=O) groups is 3. The molecule has 2 fully saturated rings. The van der Waals surface area contributed by atoms with Gasteiger partial charge in [0.15, 0.2) is 0 Å². The van der Waals surface area contributed by atoms with Crippen molar-refractivity contribution < 1.29 is 49.8 Å². The standard InChI is InChI=1S/C32H34F4N4O7S/c1-3-4-12-47-31(43)25-10-11-37-40(25)17-20-14-23(26(46-2)16-24(20)33)29(41)39-28-19-9-8-18(13-19)27(28)30(42)38-21-6-5-7-22(15-21)48(44,45)32(34,35)36/h5-7,10-11,14-16,18-19,27-28H,3-4,8-9,12-13,17H2,1-2H3,(H,38,42)(H,39,41)/t18-,19+,27+,28-/m1/s1. The third kappa shape index (κ3) is 7.03. The monoisotopic (exact) mass is 694 g/mol. The lowest BCUT2D eigenvalue weighted by atomic mass is 9.83. The zero-order valence-corrected chi connectivity index (χ0v) is 26.9. The van der Waals surface area contributed by atoms with Crippen LogP contribution < -0.4 is 15.4 Å². The van der Waals surface area contributed by atoms with E-state index < -0.39 is 55.8 Å². The van der Waals surface area contributed by atoms with Crippen molar-refractivity contribution >= 4 is 33.3 Å². The van der Waals surface area contributed by atoms with Crippen LogP contribution in [0, 0.1) is 23.6 Å². The first-order valence-corrected chi connectivity index (χ1v) is 16.8. The van der Waals surface area contributed by atoms with Gasteiger partial charge in [0.05, 0.1) is 36.6 Å². The number of esters is 1. The summed E-state index contributed by atoms with van der Waals surface area (Å²) >= 11 is 0. The van der Waals surface area contributed by atoms with Crippen LogP contribution in [0.15, 0.2) is 53.6 Å². The van der Waals surface area contributed by atoms with Crippen molar-refractivity contribution in [3.05, 3.63) is 71.3 Å². The first-order chi connectivity index (χ1) is 22.7. The number of rotatable bonds is 12. The number of alkyl halides is 3. The predicted octanol–water partition coefficient (Wildman–Crippen LogP) is 5.11. The SMILES string of the molecule is CCCCOC(=O)c1ccnn1Cc1cc(C(=O)N[C@@H]2[C@H]3CC[C@H](C3)[C@@H]2C(=O)Nc2cccc(S(=O)(=O)C(F)(F)F)c2)c(OC)cc1F. The van der Waals surface area contributed by atoms with Crippen molar-refractivity contribution in [2.24, 2.45) is 17.8 Å². The van der Waals surface area contributed by atoms with Crippen LogP contribution in [0.1, 0.15) is 65.4 Å². The number of nitrogens with one attached hydrogen (secondary N) is 2.